The average molecular weight is 424 g/mol. The van der Waals surface area contributed by atoms with Crippen molar-refractivity contribution in [3.05, 3.63) is 111 Å². The molecule has 0 bridgehead atoms. The Hall–Kier alpha value is -3.99. The van der Waals surface area contributed by atoms with Crippen LogP contribution in [0.15, 0.2) is 77.6 Å². The minimum Gasteiger partial charge on any atom is -0.306 e. The van der Waals surface area contributed by atoms with Crippen LogP contribution >= 0.6 is 0 Å². The maximum absolute atomic E-state index is 13.3. The fourth-order valence-corrected chi connectivity index (χ4v) is 3.56. The lowest BCUT2D eigenvalue weighted by Crippen LogP contribution is -2.25. The molecule has 0 aliphatic carbocycles. The number of nitrogens with zero attached hydrogens (tertiary/aromatic N) is 2. The second-order valence-corrected chi connectivity index (χ2v) is 8.00. The van der Waals surface area contributed by atoms with Crippen molar-refractivity contribution in [2.24, 2.45) is 0 Å². The van der Waals surface area contributed by atoms with E-state index in [-0.39, 0.29) is 11.3 Å². The molecule has 5 nitrogen and oxygen atoms in total. The van der Waals surface area contributed by atoms with Crippen LogP contribution in [0.2, 0.25) is 0 Å². The molecular formula is C27H25N3O2. The first-order valence-corrected chi connectivity index (χ1v) is 10.5. The lowest BCUT2D eigenvalue weighted by molar-refractivity contribution is 0.102. The molecule has 3 aromatic carbocycles. The summed E-state index contributed by atoms with van der Waals surface area (Å²) in [5, 5.41) is 7.52. The molecule has 0 unspecified atom stereocenters. The van der Waals surface area contributed by atoms with Crippen LogP contribution in [0.1, 0.15) is 32.7 Å². The number of nitrogens with one attached hydrogen (secondary N) is 1. The summed E-state index contributed by atoms with van der Waals surface area (Å²) in [5.41, 5.74) is 5.90. The first kappa shape index (κ1) is 21.2. The fourth-order valence-electron chi connectivity index (χ4n) is 3.56. The molecule has 0 saturated heterocycles. The van der Waals surface area contributed by atoms with Crippen LogP contribution in [-0.2, 0) is 0 Å². The van der Waals surface area contributed by atoms with Gasteiger partial charge in [-0.3, -0.25) is 9.59 Å². The van der Waals surface area contributed by atoms with Gasteiger partial charge in [-0.25, -0.2) is 4.68 Å². The second-order valence-electron chi connectivity index (χ2n) is 8.00. The molecule has 1 amide bonds. The molecule has 1 aromatic heterocycles. The number of aromatic nitrogens is 2. The SMILES string of the molecule is Cc1ccc(-c2c(NC(=O)c3ccccc3)n(-c3ccc(C)c(C)c3)nc(C)c2=O)cc1. The van der Waals surface area contributed by atoms with Gasteiger partial charge in [0.1, 0.15) is 11.5 Å². The quantitative estimate of drug-likeness (QED) is 0.479. The van der Waals surface area contributed by atoms with Crippen LogP contribution in [0, 0.1) is 27.7 Å². The smallest absolute Gasteiger partial charge is 0.256 e. The third-order valence-corrected chi connectivity index (χ3v) is 5.60. The Balaban J connectivity index is 1.98. The van der Waals surface area contributed by atoms with E-state index in [2.05, 4.69) is 10.4 Å². The van der Waals surface area contributed by atoms with Gasteiger partial charge in [0, 0.05) is 5.56 Å². The highest BCUT2D eigenvalue weighted by Gasteiger charge is 2.21. The highest BCUT2D eigenvalue weighted by Crippen LogP contribution is 2.28. The number of hydrogen-bond acceptors (Lipinski definition) is 3. The predicted octanol–water partition coefficient (Wildman–Crippen LogP) is 5.39. The van der Waals surface area contributed by atoms with Gasteiger partial charge >= 0.3 is 0 Å². The Morgan fingerprint density at radius 2 is 1.53 bits per heavy atom. The van der Waals surface area contributed by atoms with Crippen molar-refractivity contribution >= 4 is 11.7 Å². The maximum Gasteiger partial charge on any atom is 0.256 e. The number of hydrogen-bond donors (Lipinski definition) is 1. The highest BCUT2D eigenvalue weighted by molar-refractivity contribution is 6.05. The third-order valence-electron chi connectivity index (χ3n) is 5.60. The molecule has 0 aliphatic rings. The first-order chi connectivity index (χ1) is 15.3. The van der Waals surface area contributed by atoms with Crippen molar-refractivity contribution in [1.29, 1.82) is 0 Å². The van der Waals surface area contributed by atoms with Gasteiger partial charge < -0.3 is 5.32 Å². The minimum atomic E-state index is -0.304. The summed E-state index contributed by atoms with van der Waals surface area (Å²) in [6.45, 7) is 7.75. The first-order valence-electron chi connectivity index (χ1n) is 10.5. The van der Waals surface area contributed by atoms with E-state index in [1.165, 1.54) is 0 Å². The van der Waals surface area contributed by atoms with Gasteiger partial charge in [0.15, 0.2) is 0 Å². The summed E-state index contributed by atoms with van der Waals surface area (Å²) in [6, 6.07) is 22.6. The standard InChI is InChI=1S/C27H25N3O2/c1-17-10-13-21(14-11-17)24-25(31)20(4)29-30(23-15-12-18(2)19(3)16-23)26(24)28-27(32)22-8-6-5-7-9-22/h5-16H,1-4H3,(H,28,32). The number of rotatable bonds is 4. The van der Waals surface area contributed by atoms with Crippen molar-refractivity contribution in [2.45, 2.75) is 27.7 Å². The molecule has 0 saturated carbocycles. The molecule has 1 N–H and O–H groups in total. The number of carbonyl (C=O) groups excluding carboxylic acids is 1. The number of benzene rings is 3. The summed E-state index contributed by atoms with van der Waals surface area (Å²) < 4.78 is 1.65. The van der Waals surface area contributed by atoms with E-state index >= 15 is 0 Å². The zero-order valence-corrected chi connectivity index (χ0v) is 18.6. The summed E-state index contributed by atoms with van der Waals surface area (Å²) in [4.78, 5) is 26.4. The molecule has 0 radical (unpaired) electrons. The van der Waals surface area contributed by atoms with Crippen LogP contribution in [0.25, 0.3) is 16.8 Å². The molecule has 4 rings (SSSR count). The summed E-state index contributed by atoms with van der Waals surface area (Å²) in [5.74, 6) is 0.0446. The Morgan fingerprint density at radius 3 is 2.19 bits per heavy atom. The molecule has 0 spiro atoms. The highest BCUT2D eigenvalue weighted by atomic mass is 16.2. The molecular weight excluding hydrogens is 398 g/mol. The van der Waals surface area contributed by atoms with Crippen molar-refractivity contribution in [2.75, 3.05) is 5.32 Å². The van der Waals surface area contributed by atoms with E-state index in [4.69, 9.17) is 0 Å². The van der Waals surface area contributed by atoms with Crippen LogP contribution in [0.4, 0.5) is 5.82 Å². The molecule has 0 fully saturated rings. The van der Waals surface area contributed by atoms with E-state index in [1.807, 2.05) is 69.3 Å². The van der Waals surface area contributed by atoms with Crippen LogP contribution < -0.4 is 10.7 Å². The van der Waals surface area contributed by atoms with Crippen molar-refractivity contribution in [3.63, 3.8) is 0 Å². The molecule has 32 heavy (non-hydrogen) atoms. The van der Waals surface area contributed by atoms with Gasteiger partial charge in [-0.2, -0.15) is 5.10 Å². The summed E-state index contributed by atoms with van der Waals surface area (Å²) in [6.07, 6.45) is 0. The van der Waals surface area contributed by atoms with E-state index < -0.39 is 0 Å². The molecule has 1 heterocycles. The number of carbonyl (C=O) groups is 1. The largest absolute Gasteiger partial charge is 0.306 e. The zero-order chi connectivity index (χ0) is 22.8. The maximum atomic E-state index is 13.3. The Bertz CT molecular complexity index is 1350. The second kappa shape index (κ2) is 8.63. The van der Waals surface area contributed by atoms with Crippen LogP contribution in [-0.4, -0.2) is 15.7 Å². The van der Waals surface area contributed by atoms with Crippen molar-refractivity contribution in [3.8, 4) is 16.8 Å². The minimum absolute atomic E-state index is 0.211. The Labute approximate surface area is 187 Å². The van der Waals surface area contributed by atoms with Gasteiger partial charge in [0.25, 0.3) is 5.91 Å². The van der Waals surface area contributed by atoms with Gasteiger partial charge in [-0.05, 0) is 68.7 Å². The van der Waals surface area contributed by atoms with E-state index in [9.17, 15) is 9.59 Å². The topological polar surface area (TPSA) is 64.0 Å². The normalized spacial score (nSPS) is 10.8. The van der Waals surface area contributed by atoms with E-state index in [1.54, 1.807) is 35.9 Å². The lowest BCUT2D eigenvalue weighted by Gasteiger charge is -2.19. The van der Waals surface area contributed by atoms with Gasteiger partial charge in [0.05, 0.1) is 11.3 Å². The molecule has 4 aromatic rings. The molecule has 160 valence electrons. The third kappa shape index (κ3) is 4.10. The van der Waals surface area contributed by atoms with Crippen molar-refractivity contribution < 1.29 is 4.79 Å². The summed E-state index contributed by atoms with van der Waals surface area (Å²) in [7, 11) is 0. The Kier molecular flexibility index (Phi) is 5.73. The van der Waals surface area contributed by atoms with E-state index in [0.717, 1.165) is 27.9 Å². The Morgan fingerprint density at radius 1 is 0.844 bits per heavy atom. The number of anilines is 1. The lowest BCUT2D eigenvalue weighted by atomic mass is 10.0. The predicted molar refractivity (Wildman–Crippen MR) is 129 cm³/mol. The zero-order valence-electron chi connectivity index (χ0n) is 18.6. The van der Waals surface area contributed by atoms with Gasteiger partial charge in [-0.1, -0.05) is 54.1 Å². The number of aryl methyl sites for hydroxylation is 4. The fraction of sp³-hybridized carbons (Fsp3) is 0.148. The average Bonchev–Trinajstić information content (AvgIpc) is 2.79. The van der Waals surface area contributed by atoms with Crippen LogP contribution in [0.5, 0.6) is 0 Å². The number of amides is 1. The molecule has 0 atom stereocenters. The summed E-state index contributed by atoms with van der Waals surface area (Å²) >= 11 is 0. The molecule has 5 heteroatoms. The van der Waals surface area contributed by atoms with E-state index in [0.29, 0.717) is 22.6 Å². The van der Waals surface area contributed by atoms with Crippen molar-refractivity contribution in [1.82, 2.24) is 9.78 Å². The van der Waals surface area contributed by atoms with Gasteiger partial charge in [0.2, 0.25) is 5.43 Å². The molecule has 0 aliphatic heterocycles. The monoisotopic (exact) mass is 423 g/mol. The van der Waals surface area contributed by atoms with Gasteiger partial charge in [-0.15, -0.1) is 0 Å². The van der Waals surface area contributed by atoms with Crippen LogP contribution in [0.3, 0.4) is 0 Å².